The molecular weight excluding hydrogens is 204 g/mol. The van der Waals surface area contributed by atoms with E-state index in [1.54, 1.807) is 0 Å². The average Bonchev–Trinajstić information content (AvgIpc) is 2.19. The van der Waals surface area contributed by atoms with Crippen molar-refractivity contribution < 1.29 is 9.53 Å². The number of hydrogen-bond acceptors (Lipinski definition) is 3. The minimum absolute atomic E-state index is 0.0330. The van der Waals surface area contributed by atoms with Crippen molar-refractivity contribution in [3.63, 3.8) is 0 Å². The van der Waals surface area contributed by atoms with Crippen molar-refractivity contribution in [2.45, 2.75) is 13.8 Å². The van der Waals surface area contributed by atoms with Gasteiger partial charge in [-0.05, 0) is 13.8 Å². The summed E-state index contributed by atoms with van der Waals surface area (Å²) in [6.07, 6.45) is 0. The van der Waals surface area contributed by atoms with Crippen LogP contribution in [0.15, 0.2) is 0 Å². The van der Waals surface area contributed by atoms with E-state index in [0.717, 1.165) is 13.1 Å². The van der Waals surface area contributed by atoms with Gasteiger partial charge in [0.25, 0.3) is 0 Å². The van der Waals surface area contributed by atoms with E-state index in [2.05, 4.69) is 5.43 Å². The van der Waals surface area contributed by atoms with Gasteiger partial charge >= 0.3 is 0 Å². The molecule has 0 atom stereocenters. The minimum Gasteiger partial charge on any atom is -0.379 e. The number of halogens is 1. The molecule has 1 saturated heterocycles. The summed E-state index contributed by atoms with van der Waals surface area (Å²) in [4.78, 5) is 11.7. The third-order valence-corrected chi connectivity index (χ3v) is 2.89. The zero-order valence-electron chi connectivity index (χ0n) is 8.68. The van der Waals surface area contributed by atoms with Gasteiger partial charge in [-0.25, -0.2) is 5.01 Å². The predicted octanol–water partition coefficient (Wildman–Crippen LogP) is 0.615. The van der Waals surface area contributed by atoms with E-state index < -0.39 is 5.41 Å². The highest BCUT2D eigenvalue weighted by atomic mass is 35.5. The predicted molar refractivity (Wildman–Crippen MR) is 55.0 cm³/mol. The van der Waals surface area contributed by atoms with E-state index in [-0.39, 0.29) is 5.91 Å². The minimum atomic E-state index is -0.514. The Morgan fingerprint density at radius 3 is 2.57 bits per heavy atom. The Bertz CT molecular complexity index is 203. The summed E-state index contributed by atoms with van der Waals surface area (Å²) in [5.74, 6) is 0.290. The number of carbonyl (C=O) groups excluding carboxylic acids is 1. The lowest BCUT2D eigenvalue weighted by Crippen LogP contribution is -2.52. The van der Waals surface area contributed by atoms with E-state index in [4.69, 9.17) is 16.3 Å². The normalized spacial score (nSPS) is 19.4. The van der Waals surface area contributed by atoms with Crippen LogP contribution in [0.5, 0.6) is 0 Å². The number of morpholine rings is 1. The van der Waals surface area contributed by atoms with Crippen molar-refractivity contribution in [2.75, 3.05) is 32.2 Å². The van der Waals surface area contributed by atoms with E-state index in [9.17, 15) is 4.79 Å². The van der Waals surface area contributed by atoms with Crippen molar-refractivity contribution in [2.24, 2.45) is 5.41 Å². The fraction of sp³-hybridized carbons (Fsp3) is 0.889. The number of alkyl halides is 1. The van der Waals surface area contributed by atoms with Crippen LogP contribution in [0.3, 0.4) is 0 Å². The fourth-order valence-electron chi connectivity index (χ4n) is 1.03. The molecule has 0 aromatic heterocycles. The van der Waals surface area contributed by atoms with Gasteiger partial charge in [-0.15, -0.1) is 11.6 Å². The number of amides is 1. The van der Waals surface area contributed by atoms with Crippen LogP contribution in [0.1, 0.15) is 13.8 Å². The van der Waals surface area contributed by atoms with Crippen molar-refractivity contribution in [3.8, 4) is 0 Å². The Kier molecular flexibility index (Phi) is 4.16. The molecule has 0 aromatic carbocycles. The highest BCUT2D eigenvalue weighted by Crippen LogP contribution is 2.17. The maximum absolute atomic E-state index is 11.7. The molecule has 0 aromatic rings. The molecule has 1 amide bonds. The first-order valence-electron chi connectivity index (χ1n) is 4.76. The van der Waals surface area contributed by atoms with Gasteiger partial charge in [-0.1, -0.05) is 0 Å². The maximum Gasteiger partial charge on any atom is 0.241 e. The van der Waals surface area contributed by atoms with Crippen LogP contribution >= 0.6 is 11.6 Å². The summed E-state index contributed by atoms with van der Waals surface area (Å²) in [6, 6.07) is 0. The van der Waals surface area contributed by atoms with Crippen LogP contribution in [0, 0.1) is 5.41 Å². The highest BCUT2D eigenvalue weighted by molar-refractivity contribution is 6.19. The number of nitrogens with zero attached hydrogens (tertiary/aromatic N) is 1. The van der Waals surface area contributed by atoms with Crippen molar-refractivity contribution >= 4 is 17.5 Å². The van der Waals surface area contributed by atoms with Gasteiger partial charge in [-0.2, -0.15) is 0 Å². The van der Waals surface area contributed by atoms with Crippen LogP contribution in [-0.4, -0.2) is 43.1 Å². The van der Waals surface area contributed by atoms with Crippen LogP contribution in [0.25, 0.3) is 0 Å². The first kappa shape index (κ1) is 11.8. The van der Waals surface area contributed by atoms with Crippen LogP contribution in [0.2, 0.25) is 0 Å². The molecule has 0 bridgehead atoms. The molecule has 1 heterocycles. The molecule has 0 spiro atoms. The molecule has 1 N–H and O–H groups in total. The third-order valence-electron chi connectivity index (χ3n) is 2.22. The maximum atomic E-state index is 11.7. The first-order chi connectivity index (χ1) is 6.56. The van der Waals surface area contributed by atoms with Crippen molar-refractivity contribution in [1.29, 1.82) is 0 Å². The molecule has 1 aliphatic rings. The summed E-state index contributed by atoms with van der Waals surface area (Å²) >= 11 is 5.70. The molecule has 82 valence electrons. The van der Waals surface area contributed by atoms with Crippen molar-refractivity contribution in [3.05, 3.63) is 0 Å². The lowest BCUT2D eigenvalue weighted by atomic mass is 9.96. The number of rotatable bonds is 3. The van der Waals surface area contributed by atoms with Crippen LogP contribution in [-0.2, 0) is 9.53 Å². The lowest BCUT2D eigenvalue weighted by Gasteiger charge is -2.30. The summed E-state index contributed by atoms with van der Waals surface area (Å²) in [6.45, 7) is 6.48. The second-order valence-electron chi connectivity index (χ2n) is 4.06. The zero-order valence-corrected chi connectivity index (χ0v) is 9.43. The molecule has 0 aliphatic carbocycles. The molecule has 0 radical (unpaired) electrons. The van der Waals surface area contributed by atoms with Crippen molar-refractivity contribution in [1.82, 2.24) is 10.4 Å². The molecule has 4 nitrogen and oxygen atoms in total. The Balaban J connectivity index is 2.39. The number of carbonyl (C=O) groups is 1. The molecule has 1 rings (SSSR count). The Morgan fingerprint density at radius 1 is 1.50 bits per heavy atom. The van der Waals surface area contributed by atoms with E-state index in [1.165, 1.54) is 0 Å². The third kappa shape index (κ3) is 3.12. The molecule has 5 heteroatoms. The van der Waals surface area contributed by atoms with Crippen LogP contribution in [0.4, 0.5) is 0 Å². The first-order valence-corrected chi connectivity index (χ1v) is 5.29. The lowest BCUT2D eigenvalue weighted by molar-refractivity contribution is -0.135. The van der Waals surface area contributed by atoms with Gasteiger partial charge in [0.2, 0.25) is 5.91 Å². The zero-order chi connectivity index (χ0) is 10.6. The van der Waals surface area contributed by atoms with E-state index >= 15 is 0 Å². The molecule has 14 heavy (non-hydrogen) atoms. The SMILES string of the molecule is CC(C)(CCl)C(=O)NN1CCOCC1. The van der Waals surface area contributed by atoms with Gasteiger partial charge in [0, 0.05) is 19.0 Å². The fourth-order valence-corrected chi connectivity index (χ4v) is 1.15. The average molecular weight is 221 g/mol. The summed E-state index contributed by atoms with van der Waals surface area (Å²) in [5.41, 5.74) is 2.33. The molecule has 0 saturated carbocycles. The van der Waals surface area contributed by atoms with Gasteiger partial charge in [0.15, 0.2) is 0 Å². The Labute approximate surface area is 89.5 Å². The number of hydrogen-bond donors (Lipinski definition) is 1. The van der Waals surface area contributed by atoms with Gasteiger partial charge < -0.3 is 4.74 Å². The summed E-state index contributed by atoms with van der Waals surface area (Å²) < 4.78 is 5.17. The molecule has 1 fully saturated rings. The molecule has 0 unspecified atom stereocenters. The second-order valence-corrected chi connectivity index (χ2v) is 4.33. The Morgan fingerprint density at radius 2 is 2.07 bits per heavy atom. The van der Waals surface area contributed by atoms with Gasteiger partial charge in [0.05, 0.1) is 18.6 Å². The largest absolute Gasteiger partial charge is 0.379 e. The smallest absolute Gasteiger partial charge is 0.241 e. The summed E-state index contributed by atoms with van der Waals surface area (Å²) in [7, 11) is 0. The Hall–Kier alpha value is -0.320. The van der Waals surface area contributed by atoms with E-state index in [1.807, 2.05) is 18.9 Å². The molecule has 1 aliphatic heterocycles. The number of nitrogens with one attached hydrogen (secondary N) is 1. The van der Waals surface area contributed by atoms with Gasteiger partial charge in [-0.3, -0.25) is 10.2 Å². The second kappa shape index (κ2) is 4.96. The summed E-state index contributed by atoms with van der Waals surface area (Å²) in [5, 5.41) is 1.88. The molecular formula is C9H17ClN2O2. The quantitative estimate of drug-likeness (QED) is 0.709. The van der Waals surface area contributed by atoms with E-state index in [0.29, 0.717) is 19.1 Å². The topological polar surface area (TPSA) is 41.6 Å². The number of ether oxygens (including phenoxy) is 1. The van der Waals surface area contributed by atoms with Gasteiger partial charge in [0.1, 0.15) is 0 Å². The van der Waals surface area contributed by atoms with Crippen LogP contribution < -0.4 is 5.43 Å². The highest BCUT2D eigenvalue weighted by Gasteiger charge is 2.28. The monoisotopic (exact) mass is 220 g/mol. The standard InChI is InChI=1S/C9H17ClN2O2/c1-9(2,7-10)8(13)11-12-3-5-14-6-4-12/h3-7H2,1-2H3,(H,11,13). The number of hydrazine groups is 1.